The lowest BCUT2D eigenvalue weighted by Crippen LogP contribution is -2.59. The molecule has 1 aromatic carbocycles. The molecule has 17 heteroatoms. The van der Waals surface area contributed by atoms with Gasteiger partial charge in [0.15, 0.2) is 12.5 Å². The molecule has 4 heterocycles. The van der Waals surface area contributed by atoms with Gasteiger partial charge in [0.2, 0.25) is 5.91 Å². The number of likely N-dealkylation sites (N-methyl/N-ethyl adjacent to an activating group) is 2. The Bertz CT molecular complexity index is 1630. The Balaban J connectivity index is 1.43. The number of aromatic nitrogens is 2. The number of H-pyrrole nitrogens is 1. The Kier molecular flexibility index (Phi) is 11.5. The highest BCUT2D eigenvalue weighted by atomic mass is 16.7. The van der Waals surface area contributed by atoms with Gasteiger partial charge in [-0.05, 0) is 43.7 Å². The van der Waals surface area contributed by atoms with Gasteiger partial charge in [0.1, 0.15) is 54.5 Å². The second kappa shape index (κ2) is 15.4. The smallest absolute Gasteiger partial charge is 0.330 e. The number of anilines is 1. The summed E-state index contributed by atoms with van der Waals surface area (Å²) in [7, 11) is 2.95. The standard InChI is InChI=1S/C32H44N6O11/c1-4-5-6-16-7-9-17(10-8-16)34-28(44)18-11-13-36(2)21(29(45)37(18)3)26(49-31-25(43)22(40)19(15-33)47-31)27-23(41)24(42)30(48-27)38-14-12-20(39)35-32(38)46/h7-12,14,19,21-27,30-31,40-43H,4-6,13,15,33H2,1-3H3,(H,34,44)(H,35,39,46)/t19-,21+,22?,23-,24?,25+,26+,27+,30?,31+/m1/s1. The first-order valence-electron chi connectivity index (χ1n) is 16.1. The number of benzene rings is 1. The van der Waals surface area contributed by atoms with Gasteiger partial charge in [0.05, 0.1) is 0 Å². The number of nitrogens with zero attached hydrogens (tertiary/aromatic N) is 3. The van der Waals surface area contributed by atoms with Crippen molar-refractivity contribution < 1.29 is 44.2 Å². The molecule has 2 aromatic rings. The highest BCUT2D eigenvalue weighted by molar-refractivity contribution is 6.06. The Labute approximate surface area is 281 Å². The van der Waals surface area contributed by atoms with Crippen LogP contribution in [0.25, 0.3) is 0 Å². The SMILES string of the molecule is CCCCc1ccc(NC(=O)C2=CCN(C)[C@@H]([C@H](O[C@@H]3O[C@H](CN)C(O)[C@@H]3O)[C@H]3OC(n4ccc(=O)[nH]c4=O)C(O)[C@H]3O)C(=O)N2C)cc1. The van der Waals surface area contributed by atoms with Crippen LogP contribution in [0.4, 0.5) is 5.69 Å². The van der Waals surface area contributed by atoms with Crippen molar-refractivity contribution in [2.75, 3.05) is 32.5 Å². The van der Waals surface area contributed by atoms with E-state index < -0.39 is 84.4 Å². The van der Waals surface area contributed by atoms with E-state index in [0.29, 0.717) is 5.69 Å². The van der Waals surface area contributed by atoms with Gasteiger partial charge in [-0.25, -0.2) is 4.79 Å². The zero-order chi connectivity index (χ0) is 35.6. The Morgan fingerprint density at radius 3 is 2.39 bits per heavy atom. The summed E-state index contributed by atoms with van der Waals surface area (Å²) in [6.45, 7) is 1.96. The van der Waals surface area contributed by atoms with Gasteiger partial charge in [-0.2, -0.15) is 0 Å². The molecule has 0 radical (unpaired) electrons. The number of amides is 2. The van der Waals surface area contributed by atoms with E-state index in [-0.39, 0.29) is 18.8 Å². The first-order chi connectivity index (χ1) is 23.4. The maximum absolute atomic E-state index is 14.3. The zero-order valence-corrected chi connectivity index (χ0v) is 27.4. The summed E-state index contributed by atoms with van der Waals surface area (Å²) in [5, 5.41) is 46.3. The van der Waals surface area contributed by atoms with E-state index in [9.17, 15) is 39.6 Å². The van der Waals surface area contributed by atoms with Crippen LogP contribution in [-0.4, -0.2) is 134 Å². The molecular formula is C32H44N6O11. The quantitative estimate of drug-likeness (QED) is 0.130. The molecule has 10 atom stereocenters. The van der Waals surface area contributed by atoms with Crippen LogP contribution in [0.15, 0.2) is 57.9 Å². The number of nitrogens with two attached hydrogens (primary N) is 1. The summed E-state index contributed by atoms with van der Waals surface area (Å²) < 4.78 is 18.6. The van der Waals surface area contributed by atoms with Crippen LogP contribution in [0, 0.1) is 0 Å². The fourth-order valence-corrected chi connectivity index (χ4v) is 6.28. The van der Waals surface area contributed by atoms with Crippen LogP contribution in [0.2, 0.25) is 0 Å². The third-order valence-electron chi connectivity index (χ3n) is 9.13. The van der Waals surface area contributed by atoms with E-state index in [4.69, 9.17) is 19.9 Å². The minimum Gasteiger partial charge on any atom is -0.387 e. The predicted molar refractivity (Wildman–Crippen MR) is 173 cm³/mol. The van der Waals surface area contributed by atoms with Gasteiger partial charge < -0.3 is 50.6 Å². The molecule has 0 bridgehead atoms. The van der Waals surface area contributed by atoms with Crippen LogP contribution >= 0.6 is 0 Å². The van der Waals surface area contributed by atoms with E-state index in [1.165, 1.54) is 11.9 Å². The number of aryl methyl sites for hydroxylation is 1. The molecular weight excluding hydrogens is 644 g/mol. The number of nitrogens with one attached hydrogen (secondary N) is 2. The van der Waals surface area contributed by atoms with Gasteiger partial charge >= 0.3 is 5.69 Å². The highest BCUT2D eigenvalue weighted by Gasteiger charge is 2.55. The van der Waals surface area contributed by atoms with E-state index in [1.54, 1.807) is 25.3 Å². The van der Waals surface area contributed by atoms with Crippen molar-refractivity contribution in [2.24, 2.45) is 5.73 Å². The second-order valence-corrected chi connectivity index (χ2v) is 12.5. The zero-order valence-electron chi connectivity index (χ0n) is 27.4. The molecule has 268 valence electrons. The lowest BCUT2D eigenvalue weighted by atomic mass is 9.97. The van der Waals surface area contributed by atoms with Crippen molar-refractivity contribution in [2.45, 2.75) is 87.5 Å². The summed E-state index contributed by atoms with van der Waals surface area (Å²) >= 11 is 0. The first kappa shape index (κ1) is 36.5. The van der Waals surface area contributed by atoms with Crippen molar-refractivity contribution in [3.8, 4) is 0 Å². The lowest BCUT2D eigenvalue weighted by molar-refractivity contribution is -0.232. The Morgan fingerprint density at radius 1 is 1.04 bits per heavy atom. The molecule has 0 saturated carbocycles. The number of hydrogen-bond acceptors (Lipinski definition) is 13. The molecule has 2 amide bonds. The molecule has 5 rings (SSSR count). The van der Waals surface area contributed by atoms with Crippen molar-refractivity contribution in [3.63, 3.8) is 0 Å². The van der Waals surface area contributed by atoms with Gasteiger partial charge in [-0.1, -0.05) is 25.5 Å². The monoisotopic (exact) mass is 688 g/mol. The van der Waals surface area contributed by atoms with E-state index >= 15 is 0 Å². The molecule has 3 aliphatic heterocycles. The number of hydrogen-bond donors (Lipinski definition) is 7. The summed E-state index contributed by atoms with van der Waals surface area (Å²) in [6, 6.07) is 7.10. The Hall–Kier alpha value is -3.78. The molecule has 3 aliphatic rings. The van der Waals surface area contributed by atoms with Crippen molar-refractivity contribution in [1.82, 2.24) is 19.4 Å². The molecule has 3 unspecified atom stereocenters. The molecule has 8 N–H and O–H groups in total. The van der Waals surface area contributed by atoms with Crippen LogP contribution in [0.5, 0.6) is 0 Å². The summed E-state index contributed by atoms with van der Waals surface area (Å²) in [5.74, 6) is -1.24. The number of unbranched alkanes of at least 4 members (excludes halogenated alkanes) is 1. The van der Waals surface area contributed by atoms with Gasteiger partial charge in [-0.15, -0.1) is 0 Å². The van der Waals surface area contributed by atoms with Crippen LogP contribution in [0.3, 0.4) is 0 Å². The molecule has 17 nitrogen and oxygen atoms in total. The van der Waals surface area contributed by atoms with Crippen LogP contribution in [-0.2, 0) is 30.2 Å². The maximum atomic E-state index is 14.3. The van der Waals surface area contributed by atoms with Crippen LogP contribution in [0.1, 0.15) is 31.6 Å². The van der Waals surface area contributed by atoms with E-state index in [1.807, 2.05) is 12.1 Å². The van der Waals surface area contributed by atoms with Crippen LogP contribution < -0.4 is 22.3 Å². The number of aromatic amines is 1. The second-order valence-electron chi connectivity index (χ2n) is 12.5. The number of carbonyl (C=O) groups excluding carboxylic acids is 2. The predicted octanol–water partition coefficient (Wildman–Crippen LogP) is -2.42. The molecule has 49 heavy (non-hydrogen) atoms. The van der Waals surface area contributed by atoms with Crippen molar-refractivity contribution in [1.29, 1.82) is 0 Å². The molecule has 2 fully saturated rings. The summed E-state index contributed by atoms with van der Waals surface area (Å²) in [5.41, 5.74) is 5.74. The molecule has 2 saturated heterocycles. The first-order valence-corrected chi connectivity index (χ1v) is 16.1. The highest BCUT2D eigenvalue weighted by Crippen LogP contribution is 2.36. The lowest BCUT2D eigenvalue weighted by Gasteiger charge is -2.38. The van der Waals surface area contributed by atoms with Gasteiger partial charge in [0, 0.05) is 38.1 Å². The minimum absolute atomic E-state index is 0.0227. The summed E-state index contributed by atoms with van der Waals surface area (Å²) in [4.78, 5) is 56.6. The van der Waals surface area contributed by atoms with E-state index in [0.717, 1.165) is 46.6 Å². The van der Waals surface area contributed by atoms with Crippen molar-refractivity contribution >= 4 is 17.5 Å². The normalized spacial score (nSPS) is 31.4. The largest absolute Gasteiger partial charge is 0.387 e. The number of rotatable bonds is 11. The number of ether oxygens (including phenoxy) is 3. The maximum Gasteiger partial charge on any atom is 0.330 e. The van der Waals surface area contributed by atoms with Gasteiger partial charge in [0.25, 0.3) is 11.5 Å². The third-order valence-corrected chi connectivity index (χ3v) is 9.13. The number of aliphatic hydroxyl groups excluding tert-OH is 4. The molecule has 1 aromatic heterocycles. The fourth-order valence-electron chi connectivity index (χ4n) is 6.28. The Morgan fingerprint density at radius 2 is 1.76 bits per heavy atom. The summed E-state index contributed by atoms with van der Waals surface area (Å²) in [6.07, 6.45) is -8.12. The average molecular weight is 689 g/mol. The van der Waals surface area contributed by atoms with Crippen molar-refractivity contribution in [3.05, 3.63) is 74.7 Å². The molecule has 0 aliphatic carbocycles. The number of carbonyl (C=O) groups is 2. The average Bonchev–Trinajstić information content (AvgIpc) is 3.48. The minimum atomic E-state index is -1.77. The van der Waals surface area contributed by atoms with E-state index in [2.05, 4.69) is 17.2 Å². The topological polar surface area (TPSA) is 242 Å². The third kappa shape index (κ3) is 7.54. The fraction of sp³-hybridized carbons (Fsp3) is 0.562. The van der Waals surface area contributed by atoms with Gasteiger partial charge in [-0.3, -0.25) is 28.8 Å². The number of aliphatic hydroxyl groups is 4. The molecule has 0 spiro atoms.